The number of nitrogens with zero attached hydrogens (tertiary/aromatic N) is 2. The predicted octanol–water partition coefficient (Wildman–Crippen LogP) is 4.63. The molecule has 2 aromatic carbocycles. The van der Waals surface area contributed by atoms with E-state index in [2.05, 4.69) is 15.5 Å². The van der Waals surface area contributed by atoms with Gasteiger partial charge in [-0.15, -0.1) is 0 Å². The van der Waals surface area contributed by atoms with Crippen LogP contribution in [0, 0.1) is 10.1 Å². The number of hydrogen-bond acceptors (Lipinski definition) is 7. The first kappa shape index (κ1) is 27.0. The minimum absolute atomic E-state index is 0.0279. The van der Waals surface area contributed by atoms with Crippen LogP contribution in [-0.4, -0.2) is 64.9 Å². The summed E-state index contributed by atoms with van der Waals surface area (Å²) in [6.45, 7) is 2.99. The zero-order valence-corrected chi connectivity index (χ0v) is 21.4. The molecule has 206 valence electrons. The van der Waals surface area contributed by atoms with Crippen LogP contribution >= 0.6 is 11.6 Å². The van der Waals surface area contributed by atoms with E-state index in [0.717, 1.165) is 49.5 Å². The molecule has 2 atom stereocenters. The van der Waals surface area contributed by atoms with Gasteiger partial charge in [-0.05, 0) is 61.6 Å². The van der Waals surface area contributed by atoms with Gasteiger partial charge in [0, 0.05) is 61.5 Å². The fourth-order valence-corrected chi connectivity index (χ4v) is 6.07. The Morgan fingerprint density at radius 1 is 1.24 bits per heavy atom. The molecular formula is C26H30ClF3N4O4. The van der Waals surface area contributed by atoms with Crippen molar-refractivity contribution in [2.75, 3.05) is 31.5 Å². The number of fused-ring (bicyclic) bond motifs is 1. The number of nitrogens with one attached hydrogen (secondary N) is 2. The molecule has 0 aromatic heterocycles. The van der Waals surface area contributed by atoms with Gasteiger partial charge in [0.1, 0.15) is 17.4 Å². The van der Waals surface area contributed by atoms with Crippen molar-refractivity contribution in [3.8, 4) is 5.75 Å². The second kappa shape index (κ2) is 10.5. The van der Waals surface area contributed by atoms with Gasteiger partial charge in [0.2, 0.25) is 0 Å². The van der Waals surface area contributed by atoms with Gasteiger partial charge in [0.15, 0.2) is 0 Å². The minimum atomic E-state index is -4.83. The zero-order valence-electron chi connectivity index (χ0n) is 20.6. The summed E-state index contributed by atoms with van der Waals surface area (Å²) in [7, 11) is 0. The normalized spacial score (nSPS) is 28.0. The quantitative estimate of drug-likeness (QED) is 0.354. The Balaban J connectivity index is 1.16. The van der Waals surface area contributed by atoms with Crippen LogP contribution in [0.1, 0.15) is 36.8 Å². The molecule has 1 saturated carbocycles. The van der Waals surface area contributed by atoms with Crippen LogP contribution in [0.15, 0.2) is 36.4 Å². The molecule has 2 unspecified atom stereocenters. The van der Waals surface area contributed by atoms with E-state index in [1.54, 1.807) is 0 Å². The molecule has 0 bridgehead atoms. The molecule has 3 aliphatic rings. The Labute approximate surface area is 223 Å². The van der Waals surface area contributed by atoms with E-state index in [9.17, 15) is 28.4 Å². The highest BCUT2D eigenvalue weighted by Crippen LogP contribution is 2.39. The van der Waals surface area contributed by atoms with E-state index in [1.807, 2.05) is 18.2 Å². The summed E-state index contributed by atoms with van der Waals surface area (Å²) in [5.74, 6) is 0.867. The second-order valence-electron chi connectivity index (χ2n) is 10.5. The molecule has 2 fully saturated rings. The number of rotatable bonds is 6. The molecular weight excluding hydrogens is 525 g/mol. The molecule has 3 N–H and O–H groups in total. The SMILES string of the molecule is O=[N+]([O-])c1ccc(NC2CCC(O)(C3CN(CC4Cc5cc(Cl)ccc5O4)CCN3)CC2)cc1C(F)(F)F. The summed E-state index contributed by atoms with van der Waals surface area (Å²) in [5.41, 5.74) is -1.89. The standard InChI is InChI=1S/C26H30ClF3N4O4/c27-17-1-4-23-16(11-17)12-20(38-23)14-33-10-9-31-24(15-33)25(35)7-5-18(6-8-25)32-19-2-3-22(34(36)37)21(13-19)26(28,29)30/h1-4,11,13,18,20,24,31-32,35H,5-10,12,14-15H2. The molecule has 12 heteroatoms. The summed E-state index contributed by atoms with van der Waals surface area (Å²) in [6.07, 6.45) is -1.91. The first-order valence-corrected chi connectivity index (χ1v) is 13.1. The lowest BCUT2D eigenvalue weighted by Gasteiger charge is -2.46. The van der Waals surface area contributed by atoms with Crippen molar-refractivity contribution in [1.82, 2.24) is 10.2 Å². The third-order valence-corrected chi connectivity index (χ3v) is 8.09. The second-order valence-corrected chi connectivity index (χ2v) is 10.9. The number of aliphatic hydroxyl groups is 1. The molecule has 8 nitrogen and oxygen atoms in total. The number of piperazine rings is 1. The summed E-state index contributed by atoms with van der Waals surface area (Å²) in [4.78, 5) is 12.3. The van der Waals surface area contributed by atoms with Crippen molar-refractivity contribution >= 4 is 23.0 Å². The van der Waals surface area contributed by atoms with Crippen LogP contribution in [0.2, 0.25) is 5.02 Å². The fraction of sp³-hybridized carbons (Fsp3) is 0.538. The number of alkyl halides is 3. The number of anilines is 1. The lowest BCUT2D eigenvalue weighted by molar-refractivity contribution is -0.388. The van der Waals surface area contributed by atoms with Crippen LogP contribution in [0.25, 0.3) is 0 Å². The van der Waals surface area contributed by atoms with Crippen molar-refractivity contribution in [3.05, 3.63) is 62.7 Å². The van der Waals surface area contributed by atoms with Crippen LogP contribution in [0.5, 0.6) is 5.75 Å². The van der Waals surface area contributed by atoms with Crippen molar-refractivity contribution in [2.24, 2.45) is 0 Å². The third kappa shape index (κ3) is 5.85. The van der Waals surface area contributed by atoms with Crippen LogP contribution in [-0.2, 0) is 12.6 Å². The largest absolute Gasteiger partial charge is 0.488 e. The smallest absolute Gasteiger partial charge is 0.423 e. The van der Waals surface area contributed by atoms with E-state index in [-0.39, 0.29) is 23.9 Å². The number of nitro groups is 1. The maximum atomic E-state index is 13.3. The van der Waals surface area contributed by atoms with Crippen molar-refractivity contribution < 1.29 is 27.9 Å². The van der Waals surface area contributed by atoms with Crippen LogP contribution in [0.4, 0.5) is 24.5 Å². The topological polar surface area (TPSA) is 99.9 Å². The maximum Gasteiger partial charge on any atom is 0.423 e. The lowest BCUT2D eigenvalue weighted by atomic mass is 9.76. The summed E-state index contributed by atoms with van der Waals surface area (Å²) in [5, 5.41) is 29.7. The maximum absolute atomic E-state index is 13.3. The molecule has 38 heavy (non-hydrogen) atoms. The summed E-state index contributed by atoms with van der Waals surface area (Å²) >= 11 is 6.11. The van der Waals surface area contributed by atoms with Gasteiger partial charge in [0.05, 0.1) is 10.5 Å². The molecule has 5 rings (SSSR count). The van der Waals surface area contributed by atoms with Gasteiger partial charge in [0.25, 0.3) is 5.69 Å². The average Bonchev–Trinajstić information content (AvgIpc) is 3.26. The molecule has 0 spiro atoms. The number of nitro benzene ring substituents is 1. The monoisotopic (exact) mass is 554 g/mol. The highest BCUT2D eigenvalue weighted by atomic mass is 35.5. The molecule has 2 aromatic rings. The van der Waals surface area contributed by atoms with Crippen LogP contribution in [0.3, 0.4) is 0 Å². The van der Waals surface area contributed by atoms with E-state index in [0.29, 0.717) is 37.3 Å². The van der Waals surface area contributed by atoms with Crippen LogP contribution < -0.4 is 15.4 Å². The molecule has 2 aliphatic heterocycles. The molecule has 1 saturated heterocycles. The van der Waals surface area contributed by atoms with Gasteiger partial charge >= 0.3 is 6.18 Å². The van der Waals surface area contributed by atoms with Crippen molar-refractivity contribution in [3.63, 3.8) is 0 Å². The Morgan fingerprint density at radius 3 is 2.71 bits per heavy atom. The van der Waals surface area contributed by atoms with Gasteiger partial charge in [-0.25, -0.2) is 0 Å². The molecule has 1 aliphatic carbocycles. The number of hydrogen-bond donors (Lipinski definition) is 3. The molecule has 0 amide bonds. The van der Waals surface area contributed by atoms with Gasteiger partial charge in [-0.2, -0.15) is 13.2 Å². The highest BCUT2D eigenvalue weighted by molar-refractivity contribution is 6.30. The van der Waals surface area contributed by atoms with E-state index in [1.165, 1.54) is 6.07 Å². The Hall–Kier alpha value is -2.60. The molecule has 0 radical (unpaired) electrons. The van der Waals surface area contributed by atoms with Gasteiger partial charge in [-0.1, -0.05) is 11.6 Å². The van der Waals surface area contributed by atoms with E-state index in [4.69, 9.17) is 16.3 Å². The van der Waals surface area contributed by atoms with E-state index < -0.39 is 28.0 Å². The number of halogens is 4. The first-order valence-electron chi connectivity index (χ1n) is 12.8. The fourth-order valence-electron chi connectivity index (χ4n) is 5.87. The summed E-state index contributed by atoms with van der Waals surface area (Å²) in [6, 6.07) is 8.35. The minimum Gasteiger partial charge on any atom is -0.488 e. The Kier molecular flexibility index (Phi) is 7.47. The average molecular weight is 555 g/mol. The zero-order chi connectivity index (χ0) is 27.1. The predicted molar refractivity (Wildman–Crippen MR) is 137 cm³/mol. The Bertz CT molecular complexity index is 1190. The Morgan fingerprint density at radius 2 is 2.00 bits per heavy atom. The van der Waals surface area contributed by atoms with Gasteiger partial charge in [-0.3, -0.25) is 15.0 Å². The first-order chi connectivity index (χ1) is 18.0. The third-order valence-electron chi connectivity index (χ3n) is 7.85. The van der Waals surface area contributed by atoms with Crippen molar-refractivity contribution in [2.45, 2.75) is 62.1 Å². The van der Waals surface area contributed by atoms with Crippen molar-refractivity contribution in [1.29, 1.82) is 0 Å². The number of ether oxygens (including phenoxy) is 1. The number of benzene rings is 2. The lowest BCUT2D eigenvalue weighted by Crippen LogP contribution is -2.63. The highest BCUT2D eigenvalue weighted by Gasteiger charge is 2.43. The van der Waals surface area contributed by atoms with E-state index >= 15 is 0 Å². The van der Waals surface area contributed by atoms with Gasteiger partial charge < -0.3 is 20.5 Å². The summed E-state index contributed by atoms with van der Waals surface area (Å²) < 4.78 is 46.1. The molecule has 2 heterocycles.